The minimum absolute atomic E-state index is 0.0611. The first-order valence-corrected chi connectivity index (χ1v) is 12.8. The number of carbonyl (C=O) groups is 1. The van der Waals surface area contributed by atoms with Crippen LogP contribution >= 0.6 is 22.6 Å². The van der Waals surface area contributed by atoms with E-state index in [0.717, 1.165) is 3.57 Å². The molecule has 2 saturated heterocycles. The number of anilines is 3. The minimum atomic E-state index is -2.68. The second-order valence-corrected chi connectivity index (χ2v) is 11.0. The smallest absolute Gasteiger partial charge is 0.258 e. The zero-order valence-corrected chi connectivity index (χ0v) is 21.4. The molecular weight excluding hydrogens is 577 g/mol. The second kappa shape index (κ2) is 9.04. The van der Waals surface area contributed by atoms with Crippen LogP contribution < -0.4 is 15.1 Å². The Bertz CT molecular complexity index is 1140. The van der Waals surface area contributed by atoms with Crippen LogP contribution in [-0.2, 0) is 0 Å². The van der Waals surface area contributed by atoms with Crippen LogP contribution in [-0.4, -0.2) is 54.4 Å². The SMILES string of the molecule is Cc1cc(NC(=O)c2ccc(I)cc2N2CCC3(C(F)F)CC3C2)nc(N2CCC(F)(F)CC2)n1. The highest BCUT2D eigenvalue weighted by Gasteiger charge is 2.62. The molecule has 0 bridgehead atoms. The average molecular weight is 603 g/mol. The van der Waals surface area contributed by atoms with Gasteiger partial charge in [-0.3, -0.25) is 4.79 Å². The van der Waals surface area contributed by atoms with E-state index in [2.05, 4.69) is 37.9 Å². The van der Waals surface area contributed by atoms with Crippen molar-refractivity contribution in [3.8, 4) is 0 Å². The molecule has 11 heteroatoms. The summed E-state index contributed by atoms with van der Waals surface area (Å²) in [6.45, 7) is 3.01. The summed E-state index contributed by atoms with van der Waals surface area (Å²) >= 11 is 2.17. The van der Waals surface area contributed by atoms with E-state index in [0.29, 0.717) is 48.8 Å². The maximum Gasteiger partial charge on any atom is 0.258 e. The Labute approximate surface area is 214 Å². The van der Waals surface area contributed by atoms with E-state index in [-0.39, 0.29) is 43.6 Å². The lowest BCUT2D eigenvalue weighted by molar-refractivity contribution is -0.0222. The second-order valence-electron chi connectivity index (χ2n) is 9.78. The fourth-order valence-corrected chi connectivity index (χ4v) is 5.66. The van der Waals surface area contributed by atoms with Crippen molar-refractivity contribution in [3.05, 3.63) is 39.1 Å². The molecule has 1 aromatic heterocycles. The van der Waals surface area contributed by atoms with Crippen molar-refractivity contribution in [2.24, 2.45) is 11.3 Å². The van der Waals surface area contributed by atoms with E-state index in [9.17, 15) is 22.4 Å². The highest BCUT2D eigenvalue weighted by molar-refractivity contribution is 14.1. The lowest BCUT2D eigenvalue weighted by atomic mass is 9.95. The van der Waals surface area contributed by atoms with E-state index in [1.54, 1.807) is 24.0 Å². The molecule has 2 aromatic rings. The molecular formula is C24H26F4IN5O. The predicted octanol–water partition coefficient (Wildman–Crippen LogP) is 5.36. The number of hydrogen-bond acceptors (Lipinski definition) is 5. The Balaban J connectivity index is 1.34. The molecule has 2 unspecified atom stereocenters. The summed E-state index contributed by atoms with van der Waals surface area (Å²) in [6, 6.07) is 7.09. The number of amides is 1. The summed E-state index contributed by atoms with van der Waals surface area (Å²) in [5.74, 6) is -2.51. The van der Waals surface area contributed by atoms with Gasteiger partial charge >= 0.3 is 0 Å². The van der Waals surface area contributed by atoms with Gasteiger partial charge in [0.05, 0.1) is 11.3 Å². The summed E-state index contributed by atoms with van der Waals surface area (Å²) in [4.78, 5) is 25.8. The summed E-state index contributed by atoms with van der Waals surface area (Å²) in [6.07, 6.45) is -1.90. The van der Waals surface area contributed by atoms with Crippen molar-refractivity contribution in [3.63, 3.8) is 0 Å². The first kappa shape index (κ1) is 24.5. The van der Waals surface area contributed by atoms with Crippen LogP contribution in [0.4, 0.5) is 35.0 Å². The maximum atomic E-state index is 13.6. The lowest BCUT2D eigenvalue weighted by Crippen LogP contribution is -2.40. The Morgan fingerprint density at radius 2 is 1.83 bits per heavy atom. The Kier molecular flexibility index (Phi) is 6.33. The number of nitrogens with zero attached hydrogens (tertiary/aromatic N) is 4. The zero-order valence-electron chi connectivity index (χ0n) is 19.2. The third-order valence-electron chi connectivity index (χ3n) is 7.41. The van der Waals surface area contributed by atoms with Gasteiger partial charge in [0.1, 0.15) is 5.82 Å². The molecule has 1 aromatic carbocycles. The highest BCUT2D eigenvalue weighted by atomic mass is 127. The van der Waals surface area contributed by atoms with E-state index >= 15 is 0 Å². The van der Waals surface area contributed by atoms with Crippen LogP contribution in [0.1, 0.15) is 41.7 Å². The Morgan fingerprint density at radius 1 is 1.11 bits per heavy atom. The summed E-state index contributed by atoms with van der Waals surface area (Å²) in [5.41, 5.74) is 0.909. The van der Waals surface area contributed by atoms with Gasteiger partial charge in [0.2, 0.25) is 12.4 Å². The molecule has 2 aliphatic heterocycles. The normalized spacial score (nSPS) is 25.4. The van der Waals surface area contributed by atoms with Gasteiger partial charge in [-0.25, -0.2) is 22.5 Å². The average Bonchev–Trinajstić information content (AvgIpc) is 3.54. The number of carbonyl (C=O) groups excluding carboxylic acids is 1. The van der Waals surface area contributed by atoms with Gasteiger partial charge in [0.25, 0.3) is 11.8 Å². The number of aromatic nitrogens is 2. The number of fused-ring (bicyclic) bond motifs is 1. The molecule has 188 valence electrons. The number of halogens is 5. The first-order chi connectivity index (χ1) is 16.6. The molecule has 3 aliphatic rings. The Hall–Kier alpha value is -2.18. The van der Waals surface area contributed by atoms with E-state index in [4.69, 9.17) is 0 Å². The topological polar surface area (TPSA) is 61.4 Å². The largest absolute Gasteiger partial charge is 0.371 e. The van der Waals surface area contributed by atoms with Crippen LogP contribution in [0.5, 0.6) is 0 Å². The molecule has 5 rings (SSSR count). The predicted molar refractivity (Wildman–Crippen MR) is 134 cm³/mol. The molecule has 35 heavy (non-hydrogen) atoms. The van der Waals surface area contributed by atoms with Crippen molar-refractivity contribution in [2.75, 3.05) is 41.3 Å². The number of nitrogens with one attached hydrogen (secondary N) is 1. The number of hydrogen-bond donors (Lipinski definition) is 1. The standard InChI is InChI=1S/C24H26F4IN5O/c1-14-10-19(32-22(30-14)33-8-5-24(27,28)6-9-33)31-20(35)17-3-2-16(29)11-18(17)34-7-4-23(21(25)26)12-15(23)13-34/h2-3,10-11,15,21H,4-9,12-13H2,1H3,(H,30,31,32,35). The van der Waals surface area contributed by atoms with Crippen molar-refractivity contribution in [1.29, 1.82) is 0 Å². The molecule has 1 N–H and O–H groups in total. The maximum absolute atomic E-state index is 13.6. The quantitative estimate of drug-likeness (QED) is 0.369. The molecule has 3 heterocycles. The van der Waals surface area contributed by atoms with Crippen molar-refractivity contribution < 1.29 is 22.4 Å². The zero-order chi connectivity index (χ0) is 25.0. The number of alkyl halides is 4. The van der Waals surface area contributed by atoms with Crippen LogP contribution in [0.2, 0.25) is 0 Å². The first-order valence-electron chi connectivity index (χ1n) is 11.7. The van der Waals surface area contributed by atoms with E-state index in [1.165, 1.54) is 0 Å². The van der Waals surface area contributed by atoms with Crippen LogP contribution in [0.3, 0.4) is 0 Å². The van der Waals surface area contributed by atoms with Crippen LogP contribution in [0, 0.1) is 21.8 Å². The summed E-state index contributed by atoms with van der Waals surface area (Å²) in [5, 5.41) is 2.83. The molecule has 0 spiro atoms. The monoisotopic (exact) mass is 603 g/mol. The van der Waals surface area contributed by atoms with Gasteiger partial charge in [0, 0.05) is 59.8 Å². The highest BCUT2D eigenvalue weighted by Crippen LogP contribution is 2.61. The van der Waals surface area contributed by atoms with E-state index in [1.807, 2.05) is 17.0 Å². The van der Waals surface area contributed by atoms with Crippen LogP contribution in [0.25, 0.3) is 0 Å². The minimum Gasteiger partial charge on any atom is -0.371 e. The molecule has 3 fully saturated rings. The number of aryl methyl sites for hydroxylation is 1. The van der Waals surface area contributed by atoms with Gasteiger partial charge in [-0.05, 0) is 66.5 Å². The molecule has 1 aliphatic carbocycles. The molecule has 0 radical (unpaired) electrons. The molecule has 6 nitrogen and oxygen atoms in total. The van der Waals surface area contributed by atoms with Gasteiger partial charge in [-0.2, -0.15) is 4.98 Å². The van der Waals surface area contributed by atoms with E-state index < -0.39 is 17.8 Å². The molecule has 2 atom stereocenters. The fraction of sp³-hybridized carbons (Fsp3) is 0.542. The van der Waals surface area contributed by atoms with Crippen molar-refractivity contribution in [1.82, 2.24) is 9.97 Å². The number of piperidine rings is 2. The van der Waals surface area contributed by atoms with Gasteiger partial charge in [-0.15, -0.1) is 0 Å². The van der Waals surface area contributed by atoms with Gasteiger partial charge in [-0.1, -0.05) is 0 Å². The van der Waals surface area contributed by atoms with Gasteiger partial charge in [0.15, 0.2) is 0 Å². The molecule has 1 amide bonds. The molecule has 1 saturated carbocycles. The number of rotatable bonds is 5. The van der Waals surface area contributed by atoms with Crippen LogP contribution in [0.15, 0.2) is 24.3 Å². The fourth-order valence-electron chi connectivity index (χ4n) is 5.18. The van der Waals surface area contributed by atoms with Crippen molar-refractivity contribution in [2.45, 2.75) is 45.0 Å². The summed E-state index contributed by atoms with van der Waals surface area (Å²) < 4.78 is 55.0. The van der Waals surface area contributed by atoms with Gasteiger partial charge < -0.3 is 15.1 Å². The third-order valence-corrected chi connectivity index (χ3v) is 8.08. The number of benzene rings is 1. The Morgan fingerprint density at radius 3 is 2.51 bits per heavy atom. The lowest BCUT2D eigenvalue weighted by Gasteiger charge is -2.34. The summed E-state index contributed by atoms with van der Waals surface area (Å²) in [7, 11) is 0. The third kappa shape index (κ3) is 4.92. The van der Waals surface area contributed by atoms with Crippen molar-refractivity contribution >= 4 is 46.0 Å².